The van der Waals surface area contributed by atoms with E-state index >= 15 is 0 Å². The van der Waals surface area contributed by atoms with Gasteiger partial charge in [-0.05, 0) is 25.0 Å². The number of carbonyl (C=O) groups is 1. The van der Waals surface area contributed by atoms with Gasteiger partial charge in [-0.3, -0.25) is 4.79 Å². The van der Waals surface area contributed by atoms with Crippen LogP contribution < -0.4 is 5.32 Å². The van der Waals surface area contributed by atoms with Gasteiger partial charge < -0.3 is 15.3 Å². The predicted molar refractivity (Wildman–Crippen MR) is 79.1 cm³/mol. The van der Waals surface area contributed by atoms with Crippen LogP contribution in [0.15, 0.2) is 29.4 Å². The van der Waals surface area contributed by atoms with E-state index in [4.69, 9.17) is 4.84 Å². The highest BCUT2D eigenvalue weighted by Gasteiger charge is 2.31. The number of hydrogen-bond acceptors (Lipinski definition) is 4. The van der Waals surface area contributed by atoms with E-state index in [1.54, 1.807) is 18.2 Å². The van der Waals surface area contributed by atoms with Crippen molar-refractivity contribution in [2.75, 3.05) is 0 Å². The highest BCUT2D eigenvalue weighted by molar-refractivity contribution is 6.05. The van der Waals surface area contributed by atoms with E-state index in [0.29, 0.717) is 17.7 Å². The third-order valence-corrected chi connectivity index (χ3v) is 4.13. The van der Waals surface area contributed by atoms with Crippen LogP contribution >= 0.6 is 0 Å². The van der Waals surface area contributed by atoms with Crippen molar-refractivity contribution in [2.24, 2.45) is 5.16 Å². The van der Waals surface area contributed by atoms with Gasteiger partial charge in [0, 0.05) is 18.0 Å². The Kier molecular flexibility index (Phi) is 4.08. The summed E-state index contributed by atoms with van der Waals surface area (Å²) < 4.78 is 0. The number of hydrogen-bond donors (Lipinski definition) is 2. The van der Waals surface area contributed by atoms with Crippen molar-refractivity contribution in [3.05, 3.63) is 29.8 Å². The molecule has 0 radical (unpaired) electrons. The van der Waals surface area contributed by atoms with Gasteiger partial charge in [0.1, 0.15) is 5.75 Å². The van der Waals surface area contributed by atoms with E-state index in [2.05, 4.69) is 10.5 Å². The molecule has 0 saturated heterocycles. The summed E-state index contributed by atoms with van der Waals surface area (Å²) in [5.74, 6) is 0.0595. The molecule has 1 aliphatic heterocycles. The second-order valence-corrected chi connectivity index (χ2v) is 5.70. The predicted octanol–water partition coefficient (Wildman–Crippen LogP) is 2.33. The van der Waals surface area contributed by atoms with Gasteiger partial charge in [0.2, 0.25) is 6.10 Å². The quantitative estimate of drug-likeness (QED) is 0.896. The molecule has 1 saturated carbocycles. The van der Waals surface area contributed by atoms with Crippen molar-refractivity contribution in [1.29, 1.82) is 0 Å². The van der Waals surface area contributed by atoms with Crippen LogP contribution in [0.3, 0.4) is 0 Å². The van der Waals surface area contributed by atoms with E-state index in [1.165, 1.54) is 19.3 Å². The van der Waals surface area contributed by atoms with Gasteiger partial charge in [-0.25, -0.2) is 0 Å². The summed E-state index contributed by atoms with van der Waals surface area (Å²) in [6.45, 7) is 0. The first-order chi connectivity index (χ1) is 10.2. The maximum absolute atomic E-state index is 12.2. The molecule has 0 spiro atoms. The molecule has 1 fully saturated rings. The summed E-state index contributed by atoms with van der Waals surface area (Å²) in [7, 11) is 0. The number of benzene rings is 1. The lowest BCUT2D eigenvalue weighted by Gasteiger charge is -2.23. The van der Waals surface area contributed by atoms with Crippen molar-refractivity contribution in [1.82, 2.24) is 5.32 Å². The average Bonchev–Trinajstić information content (AvgIpc) is 2.98. The number of carbonyl (C=O) groups excluding carboxylic acids is 1. The average molecular weight is 288 g/mol. The van der Waals surface area contributed by atoms with E-state index in [9.17, 15) is 9.90 Å². The molecule has 2 aliphatic rings. The monoisotopic (exact) mass is 288 g/mol. The summed E-state index contributed by atoms with van der Waals surface area (Å²) in [5, 5.41) is 16.8. The summed E-state index contributed by atoms with van der Waals surface area (Å²) in [4.78, 5) is 17.4. The lowest BCUT2D eigenvalue weighted by Crippen LogP contribution is -2.42. The second kappa shape index (κ2) is 6.16. The minimum Gasteiger partial charge on any atom is -0.507 e. The van der Waals surface area contributed by atoms with Crippen molar-refractivity contribution < 1.29 is 14.7 Å². The number of phenols is 1. The molecule has 3 rings (SSSR count). The summed E-state index contributed by atoms with van der Waals surface area (Å²) in [6.07, 6.45) is 5.52. The van der Waals surface area contributed by atoms with Crippen LogP contribution in [0.1, 0.15) is 44.1 Å². The van der Waals surface area contributed by atoms with Crippen LogP contribution in [0, 0.1) is 0 Å². The molecule has 0 bridgehead atoms. The van der Waals surface area contributed by atoms with Crippen molar-refractivity contribution >= 4 is 11.6 Å². The highest BCUT2D eigenvalue weighted by Crippen LogP contribution is 2.24. The topological polar surface area (TPSA) is 70.9 Å². The minimum absolute atomic E-state index is 0.101. The molecule has 2 N–H and O–H groups in total. The van der Waals surface area contributed by atoms with Gasteiger partial charge in [0.25, 0.3) is 5.91 Å². The molecular formula is C16H20N2O3. The van der Waals surface area contributed by atoms with E-state index in [0.717, 1.165) is 12.8 Å². The Hall–Kier alpha value is -2.04. The first-order valence-corrected chi connectivity index (χ1v) is 7.55. The molecule has 5 nitrogen and oxygen atoms in total. The molecule has 5 heteroatoms. The molecule has 1 atom stereocenters. The van der Waals surface area contributed by atoms with E-state index in [1.807, 2.05) is 6.07 Å². The number of phenolic OH excluding ortho intramolecular Hbond substituents is 1. The molecule has 1 aliphatic carbocycles. The smallest absolute Gasteiger partial charge is 0.264 e. The van der Waals surface area contributed by atoms with Gasteiger partial charge >= 0.3 is 0 Å². The number of para-hydroxylation sites is 1. The Balaban J connectivity index is 1.58. The number of rotatable bonds is 3. The maximum Gasteiger partial charge on any atom is 0.264 e. The SMILES string of the molecule is O=C(NC1CCCCC1)[C@H]1CC(c2ccccc2O)=NO1. The lowest BCUT2D eigenvalue weighted by atomic mass is 9.95. The number of aromatic hydroxyl groups is 1. The Morgan fingerprint density at radius 2 is 2.00 bits per heavy atom. The fourth-order valence-electron chi connectivity index (χ4n) is 2.94. The van der Waals surface area contributed by atoms with Crippen molar-refractivity contribution in [2.45, 2.75) is 50.7 Å². The zero-order valence-electron chi connectivity index (χ0n) is 11.9. The van der Waals surface area contributed by atoms with Gasteiger partial charge in [-0.1, -0.05) is 36.6 Å². The first-order valence-electron chi connectivity index (χ1n) is 7.55. The normalized spacial score (nSPS) is 22.5. The van der Waals surface area contributed by atoms with Crippen LogP contribution in [0.4, 0.5) is 0 Å². The Labute approximate surface area is 124 Å². The third kappa shape index (κ3) is 3.17. The molecule has 0 aromatic heterocycles. The summed E-state index contributed by atoms with van der Waals surface area (Å²) in [5.41, 5.74) is 1.25. The first kappa shape index (κ1) is 13.9. The van der Waals surface area contributed by atoms with Crippen LogP contribution in [0.2, 0.25) is 0 Å². The van der Waals surface area contributed by atoms with Crippen molar-refractivity contribution in [3.63, 3.8) is 0 Å². The highest BCUT2D eigenvalue weighted by atomic mass is 16.6. The summed E-state index contributed by atoms with van der Waals surface area (Å²) >= 11 is 0. The summed E-state index contributed by atoms with van der Waals surface area (Å²) in [6, 6.07) is 7.23. The number of oxime groups is 1. The van der Waals surface area contributed by atoms with Crippen molar-refractivity contribution in [3.8, 4) is 5.75 Å². The van der Waals surface area contributed by atoms with Gasteiger partial charge in [0.15, 0.2) is 0 Å². The molecule has 1 heterocycles. The second-order valence-electron chi connectivity index (χ2n) is 5.70. The molecular weight excluding hydrogens is 268 g/mol. The zero-order chi connectivity index (χ0) is 14.7. The van der Waals surface area contributed by atoms with E-state index < -0.39 is 6.10 Å². The van der Waals surface area contributed by atoms with Crippen LogP contribution in [-0.2, 0) is 9.63 Å². The Bertz CT molecular complexity index is 550. The molecule has 1 amide bonds. The van der Waals surface area contributed by atoms with Gasteiger partial charge in [0.05, 0.1) is 5.71 Å². The van der Waals surface area contributed by atoms with Gasteiger partial charge in [-0.2, -0.15) is 0 Å². The molecule has 21 heavy (non-hydrogen) atoms. The largest absolute Gasteiger partial charge is 0.507 e. The third-order valence-electron chi connectivity index (χ3n) is 4.13. The maximum atomic E-state index is 12.2. The van der Waals surface area contributed by atoms with Gasteiger partial charge in [-0.15, -0.1) is 0 Å². The zero-order valence-corrected chi connectivity index (χ0v) is 11.9. The van der Waals surface area contributed by atoms with Crippen LogP contribution in [0.25, 0.3) is 0 Å². The minimum atomic E-state index is -0.582. The molecule has 1 aromatic carbocycles. The molecule has 0 unspecified atom stereocenters. The standard InChI is InChI=1S/C16H20N2O3/c19-14-9-5-4-8-12(14)13-10-15(21-18-13)16(20)17-11-6-2-1-3-7-11/h4-5,8-9,11,15,19H,1-3,6-7,10H2,(H,17,20)/t15-/m1/s1. The van der Waals surface area contributed by atoms with E-state index in [-0.39, 0.29) is 17.7 Å². The Morgan fingerprint density at radius 3 is 2.76 bits per heavy atom. The van der Waals surface area contributed by atoms with Crippen LogP contribution in [0.5, 0.6) is 5.75 Å². The fourth-order valence-corrected chi connectivity index (χ4v) is 2.94. The Morgan fingerprint density at radius 1 is 1.24 bits per heavy atom. The lowest BCUT2D eigenvalue weighted by molar-refractivity contribution is -0.132. The number of nitrogens with one attached hydrogen (secondary N) is 1. The fraction of sp³-hybridized carbons (Fsp3) is 0.500. The molecule has 1 aromatic rings. The van der Waals surface area contributed by atoms with Crippen LogP contribution in [-0.4, -0.2) is 28.9 Å². The number of amides is 1. The number of nitrogens with zero attached hydrogens (tertiary/aromatic N) is 1. The molecule has 112 valence electrons.